The third-order valence-corrected chi connectivity index (χ3v) is 6.25. The highest BCUT2D eigenvalue weighted by atomic mass is 127. The number of barbiturate groups is 1. The lowest BCUT2D eigenvalue weighted by Crippen LogP contribution is -2.54. The zero-order chi connectivity index (χ0) is 27.2. The second-order valence-electron chi connectivity index (χ2n) is 8.06. The molecule has 0 atom stereocenters. The van der Waals surface area contributed by atoms with Gasteiger partial charge in [-0.05, 0) is 102 Å². The van der Waals surface area contributed by atoms with Crippen molar-refractivity contribution in [3.05, 3.63) is 86.8 Å². The molecule has 1 saturated heterocycles. The van der Waals surface area contributed by atoms with Gasteiger partial charge in [0.25, 0.3) is 11.8 Å². The first-order valence-electron chi connectivity index (χ1n) is 11.8. The molecule has 0 radical (unpaired) electrons. The van der Waals surface area contributed by atoms with Crippen LogP contribution in [0.3, 0.4) is 0 Å². The highest BCUT2D eigenvalue weighted by Gasteiger charge is 2.37. The Labute approximate surface area is 232 Å². The van der Waals surface area contributed by atoms with E-state index in [1.807, 2.05) is 13.8 Å². The van der Waals surface area contributed by atoms with Crippen molar-refractivity contribution in [2.75, 3.05) is 18.1 Å². The Kier molecular flexibility index (Phi) is 8.62. The van der Waals surface area contributed by atoms with Crippen molar-refractivity contribution in [2.45, 2.75) is 20.5 Å². The van der Waals surface area contributed by atoms with Crippen LogP contribution < -0.4 is 24.4 Å². The van der Waals surface area contributed by atoms with E-state index in [4.69, 9.17) is 14.2 Å². The summed E-state index contributed by atoms with van der Waals surface area (Å²) in [5, 5.41) is 2.22. The van der Waals surface area contributed by atoms with Gasteiger partial charge in [0.1, 0.15) is 23.7 Å². The Morgan fingerprint density at radius 3 is 2.26 bits per heavy atom. The number of nitrogens with zero attached hydrogens (tertiary/aromatic N) is 1. The molecule has 0 unspecified atom stereocenters. The van der Waals surface area contributed by atoms with Gasteiger partial charge in [-0.25, -0.2) is 14.1 Å². The number of rotatable bonds is 9. The van der Waals surface area contributed by atoms with Crippen molar-refractivity contribution >= 4 is 52.2 Å². The van der Waals surface area contributed by atoms with Gasteiger partial charge >= 0.3 is 6.03 Å². The molecule has 1 aliphatic heterocycles. The quantitative estimate of drug-likeness (QED) is 0.192. The molecular weight excluding hydrogens is 606 g/mol. The number of benzene rings is 3. The van der Waals surface area contributed by atoms with Gasteiger partial charge in [0.05, 0.1) is 22.5 Å². The number of carbonyl (C=O) groups excluding carboxylic acids is 3. The molecule has 1 N–H and O–H groups in total. The van der Waals surface area contributed by atoms with Crippen LogP contribution in [0.5, 0.6) is 17.2 Å². The Bertz CT molecular complexity index is 1390. The lowest BCUT2D eigenvalue weighted by molar-refractivity contribution is -0.122. The standard InChI is InChI=1S/C28H24FIN2O6/c1-3-36-21-11-9-20(10-12-21)32-27(34)22(26(33)31-28(32)35)13-18-14-23(30)25(24(15-18)37-4-2)38-16-17-5-7-19(29)8-6-17/h5-15H,3-4,16H2,1-2H3,(H,31,33,35)/b22-13+. The van der Waals surface area contributed by atoms with E-state index >= 15 is 0 Å². The van der Waals surface area contributed by atoms with Crippen LogP contribution in [0.2, 0.25) is 0 Å². The van der Waals surface area contributed by atoms with E-state index in [9.17, 15) is 18.8 Å². The Hall–Kier alpha value is -3.93. The summed E-state index contributed by atoms with van der Waals surface area (Å²) in [6, 6.07) is 14.9. The molecule has 1 fully saturated rings. The van der Waals surface area contributed by atoms with Crippen LogP contribution in [-0.4, -0.2) is 31.1 Å². The second kappa shape index (κ2) is 12.1. The minimum Gasteiger partial charge on any atom is -0.494 e. The molecule has 4 amide bonds. The average molecular weight is 630 g/mol. The van der Waals surface area contributed by atoms with Gasteiger partial charge in [0.2, 0.25) is 0 Å². The van der Waals surface area contributed by atoms with E-state index in [0.717, 1.165) is 10.5 Å². The molecule has 3 aromatic carbocycles. The molecule has 10 heteroatoms. The molecule has 1 aliphatic rings. The van der Waals surface area contributed by atoms with Gasteiger partial charge in [-0.1, -0.05) is 12.1 Å². The first kappa shape index (κ1) is 27.1. The van der Waals surface area contributed by atoms with Crippen molar-refractivity contribution in [1.82, 2.24) is 5.32 Å². The summed E-state index contributed by atoms with van der Waals surface area (Å²) in [6.45, 7) is 4.68. The van der Waals surface area contributed by atoms with Gasteiger partial charge in [0.15, 0.2) is 11.5 Å². The molecule has 0 aromatic heterocycles. The maximum Gasteiger partial charge on any atom is 0.335 e. The molecule has 196 valence electrons. The van der Waals surface area contributed by atoms with Crippen LogP contribution in [0, 0.1) is 9.39 Å². The van der Waals surface area contributed by atoms with Crippen LogP contribution >= 0.6 is 22.6 Å². The lowest BCUT2D eigenvalue weighted by Gasteiger charge is -2.26. The number of ether oxygens (including phenoxy) is 3. The molecule has 38 heavy (non-hydrogen) atoms. The lowest BCUT2D eigenvalue weighted by atomic mass is 10.1. The number of amides is 4. The van der Waals surface area contributed by atoms with Crippen molar-refractivity contribution in [3.8, 4) is 17.2 Å². The Morgan fingerprint density at radius 1 is 0.921 bits per heavy atom. The maximum atomic E-state index is 13.3. The van der Waals surface area contributed by atoms with Crippen molar-refractivity contribution < 1.29 is 33.0 Å². The minimum atomic E-state index is -0.838. The van der Waals surface area contributed by atoms with E-state index in [1.165, 1.54) is 18.2 Å². The van der Waals surface area contributed by atoms with Gasteiger partial charge in [-0.2, -0.15) is 0 Å². The monoisotopic (exact) mass is 630 g/mol. The fourth-order valence-corrected chi connectivity index (χ4v) is 4.51. The number of halogens is 2. The number of imide groups is 2. The number of anilines is 1. The first-order valence-corrected chi connectivity index (χ1v) is 12.9. The fraction of sp³-hybridized carbons (Fsp3) is 0.179. The Balaban J connectivity index is 1.63. The number of carbonyl (C=O) groups is 3. The van der Waals surface area contributed by atoms with Crippen molar-refractivity contribution in [2.24, 2.45) is 0 Å². The first-order chi connectivity index (χ1) is 18.3. The van der Waals surface area contributed by atoms with Gasteiger partial charge in [0, 0.05) is 0 Å². The fourth-order valence-electron chi connectivity index (χ4n) is 3.73. The number of nitrogens with one attached hydrogen (secondary N) is 1. The molecule has 0 aliphatic carbocycles. The topological polar surface area (TPSA) is 94.2 Å². The summed E-state index contributed by atoms with van der Waals surface area (Å²) >= 11 is 2.07. The summed E-state index contributed by atoms with van der Waals surface area (Å²) in [7, 11) is 0. The largest absolute Gasteiger partial charge is 0.494 e. The Morgan fingerprint density at radius 2 is 1.61 bits per heavy atom. The van der Waals surface area contributed by atoms with Gasteiger partial charge in [-0.15, -0.1) is 0 Å². The van der Waals surface area contributed by atoms with Crippen molar-refractivity contribution in [3.63, 3.8) is 0 Å². The normalized spacial score (nSPS) is 14.5. The maximum absolute atomic E-state index is 13.3. The number of hydrogen-bond donors (Lipinski definition) is 1. The molecule has 0 saturated carbocycles. The second-order valence-corrected chi connectivity index (χ2v) is 9.23. The highest BCUT2D eigenvalue weighted by molar-refractivity contribution is 14.1. The SMILES string of the molecule is CCOc1ccc(N2C(=O)NC(=O)/C(=C\c3cc(I)c(OCc4ccc(F)cc4)c(OCC)c3)C2=O)cc1. The summed E-state index contributed by atoms with van der Waals surface area (Å²) in [5.41, 5.74) is 1.37. The molecular formula is C28H24FIN2O6. The van der Waals surface area contributed by atoms with Crippen LogP contribution in [0.4, 0.5) is 14.9 Å². The van der Waals surface area contributed by atoms with Gasteiger partial charge in [-0.3, -0.25) is 14.9 Å². The third-order valence-electron chi connectivity index (χ3n) is 5.45. The third kappa shape index (κ3) is 6.13. The van der Waals surface area contributed by atoms with E-state index in [0.29, 0.717) is 45.3 Å². The number of hydrogen-bond acceptors (Lipinski definition) is 6. The van der Waals surface area contributed by atoms with Crippen LogP contribution in [0.25, 0.3) is 6.08 Å². The molecule has 0 bridgehead atoms. The molecule has 0 spiro atoms. The number of urea groups is 1. The average Bonchev–Trinajstić information content (AvgIpc) is 2.88. The predicted octanol–water partition coefficient (Wildman–Crippen LogP) is 5.47. The smallest absolute Gasteiger partial charge is 0.335 e. The minimum absolute atomic E-state index is 0.191. The van der Waals surface area contributed by atoms with E-state index in [2.05, 4.69) is 27.9 Å². The summed E-state index contributed by atoms with van der Waals surface area (Å²) in [5.74, 6) is -0.409. The molecule has 8 nitrogen and oxygen atoms in total. The van der Waals surface area contributed by atoms with Crippen LogP contribution in [-0.2, 0) is 16.2 Å². The zero-order valence-electron chi connectivity index (χ0n) is 20.6. The van der Waals surface area contributed by atoms with E-state index in [1.54, 1.807) is 48.5 Å². The summed E-state index contributed by atoms with van der Waals surface area (Å²) in [4.78, 5) is 39.3. The summed E-state index contributed by atoms with van der Waals surface area (Å²) < 4.78 is 31.0. The van der Waals surface area contributed by atoms with Crippen molar-refractivity contribution in [1.29, 1.82) is 0 Å². The van der Waals surface area contributed by atoms with E-state index < -0.39 is 17.8 Å². The van der Waals surface area contributed by atoms with Crippen LogP contribution in [0.15, 0.2) is 66.2 Å². The highest BCUT2D eigenvalue weighted by Crippen LogP contribution is 2.36. The van der Waals surface area contributed by atoms with Crippen LogP contribution in [0.1, 0.15) is 25.0 Å². The predicted molar refractivity (Wildman–Crippen MR) is 148 cm³/mol. The zero-order valence-corrected chi connectivity index (χ0v) is 22.8. The molecule has 3 aromatic rings. The molecule has 1 heterocycles. The molecule has 4 rings (SSSR count). The van der Waals surface area contributed by atoms with E-state index in [-0.39, 0.29) is 18.0 Å². The van der Waals surface area contributed by atoms with Gasteiger partial charge < -0.3 is 14.2 Å². The summed E-state index contributed by atoms with van der Waals surface area (Å²) in [6.07, 6.45) is 1.40.